The lowest BCUT2D eigenvalue weighted by Crippen LogP contribution is -2.36. The van der Waals surface area contributed by atoms with Gasteiger partial charge in [0.2, 0.25) is 0 Å². The molecule has 0 aliphatic carbocycles. The maximum atomic E-state index is 14.3. The van der Waals surface area contributed by atoms with Crippen molar-refractivity contribution < 1.29 is 27.4 Å². The molecule has 0 unspecified atom stereocenters. The van der Waals surface area contributed by atoms with E-state index in [1.807, 2.05) is 0 Å². The number of pyridine rings is 1. The Bertz CT molecular complexity index is 1170. The van der Waals surface area contributed by atoms with Crippen molar-refractivity contribution in [2.75, 3.05) is 26.6 Å². The first-order valence-electron chi connectivity index (χ1n) is 8.61. The highest BCUT2D eigenvalue weighted by molar-refractivity contribution is 7.93. The van der Waals surface area contributed by atoms with Crippen LogP contribution in [-0.2, 0) is 9.84 Å². The number of hydrogen-bond acceptors (Lipinski definition) is 7. The molecule has 2 aromatic heterocycles. The van der Waals surface area contributed by atoms with Crippen molar-refractivity contribution in [2.45, 2.75) is 23.5 Å². The number of sulfone groups is 1. The molecule has 0 saturated heterocycles. The molecule has 0 spiro atoms. The number of nitrogen functional groups attached to an aromatic ring is 1. The largest absolute Gasteiger partial charge is 0.495 e. The molecule has 3 N–H and O–H groups in total. The molecule has 10 heteroatoms. The maximum absolute atomic E-state index is 14.3. The van der Waals surface area contributed by atoms with E-state index >= 15 is 0 Å². The van der Waals surface area contributed by atoms with Gasteiger partial charge in [0, 0.05) is 17.8 Å². The number of ether oxygens (including phenoxy) is 2. The van der Waals surface area contributed by atoms with Crippen LogP contribution in [0.5, 0.6) is 11.5 Å². The van der Waals surface area contributed by atoms with E-state index in [0.29, 0.717) is 16.9 Å². The first-order valence-corrected chi connectivity index (χ1v) is 10.1. The molecule has 1 aromatic carbocycles. The van der Waals surface area contributed by atoms with E-state index in [4.69, 9.17) is 15.2 Å². The molecule has 29 heavy (non-hydrogen) atoms. The average Bonchev–Trinajstić information content (AvgIpc) is 3.09. The molecule has 0 bridgehead atoms. The lowest BCUT2D eigenvalue weighted by atomic mass is 10.1. The predicted molar refractivity (Wildman–Crippen MR) is 106 cm³/mol. The lowest BCUT2D eigenvalue weighted by Gasteiger charge is -2.23. The second-order valence-electron chi connectivity index (χ2n) is 7.08. The summed E-state index contributed by atoms with van der Waals surface area (Å²) < 4.78 is 50.8. The predicted octanol–water partition coefficient (Wildman–Crippen LogP) is 2.28. The number of nitrogens with zero attached hydrogens (tertiary/aromatic N) is 2. The molecule has 8 nitrogen and oxygen atoms in total. The minimum Gasteiger partial charge on any atom is -0.495 e. The fraction of sp³-hybridized carbons (Fsp3) is 0.316. The van der Waals surface area contributed by atoms with Crippen molar-refractivity contribution in [2.24, 2.45) is 0 Å². The highest BCUT2D eigenvalue weighted by atomic mass is 32.2. The van der Waals surface area contributed by atoms with Crippen molar-refractivity contribution in [1.29, 1.82) is 0 Å². The molecule has 0 aliphatic heterocycles. The molecule has 0 amide bonds. The fourth-order valence-corrected chi connectivity index (χ4v) is 4.34. The van der Waals surface area contributed by atoms with E-state index in [-0.39, 0.29) is 22.1 Å². The Labute approximate surface area is 167 Å². The molecule has 156 valence electrons. The third kappa shape index (κ3) is 3.28. The number of fused-ring (bicyclic) bond motifs is 1. The van der Waals surface area contributed by atoms with E-state index in [1.54, 1.807) is 0 Å². The standard InChI is InChI=1S/C19H22FN3O5S/c1-19(2,10-24)29(25,26)16-9-23-14(8-22-17(23)7-15(16)27-3)11-5-12(20)18(28-4)13(21)6-11/h5-9,24H,10,21H2,1-4H3. The van der Waals surface area contributed by atoms with Crippen LogP contribution in [-0.4, -0.2) is 48.5 Å². The number of aliphatic hydroxyl groups is 1. The third-order valence-corrected chi connectivity index (χ3v) is 7.23. The van der Waals surface area contributed by atoms with Crippen LogP contribution in [0.4, 0.5) is 10.1 Å². The molecule has 0 radical (unpaired) electrons. The number of anilines is 1. The topological polar surface area (TPSA) is 116 Å². The second-order valence-corrected chi connectivity index (χ2v) is 9.63. The minimum atomic E-state index is -3.97. The van der Waals surface area contributed by atoms with Gasteiger partial charge < -0.3 is 20.3 Å². The summed E-state index contributed by atoms with van der Waals surface area (Å²) in [5.74, 6) is -0.631. The van der Waals surface area contributed by atoms with Crippen molar-refractivity contribution >= 4 is 21.2 Å². The van der Waals surface area contributed by atoms with Crippen LogP contribution in [0.25, 0.3) is 16.9 Å². The zero-order chi connectivity index (χ0) is 21.6. The van der Waals surface area contributed by atoms with Gasteiger partial charge in [0.25, 0.3) is 0 Å². The van der Waals surface area contributed by atoms with Gasteiger partial charge in [-0.25, -0.2) is 17.8 Å². The summed E-state index contributed by atoms with van der Waals surface area (Å²) in [6.07, 6.45) is 2.82. The van der Waals surface area contributed by atoms with Gasteiger partial charge in [-0.3, -0.25) is 4.40 Å². The van der Waals surface area contributed by atoms with Crippen molar-refractivity contribution in [3.05, 3.63) is 36.4 Å². The molecule has 0 atom stereocenters. The van der Waals surface area contributed by atoms with Crippen molar-refractivity contribution in [1.82, 2.24) is 9.38 Å². The van der Waals surface area contributed by atoms with Crippen LogP contribution in [0.2, 0.25) is 0 Å². The summed E-state index contributed by atoms with van der Waals surface area (Å²) in [5.41, 5.74) is 7.17. The maximum Gasteiger partial charge on any atom is 0.190 e. The Hall–Kier alpha value is -2.85. The number of aromatic nitrogens is 2. The van der Waals surface area contributed by atoms with Gasteiger partial charge in [-0.05, 0) is 26.0 Å². The summed E-state index contributed by atoms with van der Waals surface area (Å²) in [6, 6.07) is 4.21. The van der Waals surface area contributed by atoms with Gasteiger partial charge >= 0.3 is 0 Å². The quantitative estimate of drug-likeness (QED) is 0.584. The SMILES string of the molecule is COc1cc2ncc(-c3cc(N)c(OC)c(F)c3)n2cc1S(=O)(=O)C(C)(C)CO. The summed E-state index contributed by atoms with van der Waals surface area (Å²) in [5, 5.41) is 9.56. The zero-order valence-corrected chi connectivity index (χ0v) is 17.2. The normalized spacial score (nSPS) is 12.3. The third-order valence-electron chi connectivity index (χ3n) is 4.76. The van der Waals surface area contributed by atoms with Crippen LogP contribution in [0.1, 0.15) is 13.8 Å². The van der Waals surface area contributed by atoms with Gasteiger partial charge in [-0.1, -0.05) is 0 Å². The van der Waals surface area contributed by atoms with Crippen LogP contribution in [0, 0.1) is 5.82 Å². The van der Waals surface area contributed by atoms with Crippen molar-refractivity contribution in [3.63, 3.8) is 0 Å². The number of hydrogen-bond donors (Lipinski definition) is 2. The zero-order valence-electron chi connectivity index (χ0n) is 16.4. The van der Waals surface area contributed by atoms with Crippen LogP contribution < -0.4 is 15.2 Å². The van der Waals surface area contributed by atoms with Gasteiger partial charge in [0.1, 0.15) is 16.3 Å². The number of nitrogens with two attached hydrogens (primary N) is 1. The van der Waals surface area contributed by atoms with Gasteiger partial charge in [0.05, 0.1) is 43.2 Å². The highest BCUT2D eigenvalue weighted by Crippen LogP contribution is 2.36. The molecular weight excluding hydrogens is 401 g/mol. The first kappa shape index (κ1) is 20.9. The molecule has 3 aromatic rings. The van der Waals surface area contributed by atoms with Crippen LogP contribution in [0.15, 0.2) is 35.5 Å². The molecule has 0 aliphatic rings. The monoisotopic (exact) mass is 423 g/mol. The first-order chi connectivity index (χ1) is 13.6. The number of halogens is 1. The number of benzene rings is 1. The summed E-state index contributed by atoms with van der Waals surface area (Å²) in [6.45, 7) is 2.26. The summed E-state index contributed by atoms with van der Waals surface area (Å²) >= 11 is 0. The van der Waals surface area contributed by atoms with Crippen LogP contribution >= 0.6 is 0 Å². The van der Waals surface area contributed by atoms with Crippen molar-refractivity contribution in [3.8, 4) is 22.8 Å². The Morgan fingerprint density at radius 1 is 1.24 bits per heavy atom. The second kappa shape index (κ2) is 7.20. The highest BCUT2D eigenvalue weighted by Gasteiger charge is 2.38. The Morgan fingerprint density at radius 3 is 2.48 bits per heavy atom. The Morgan fingerprint density at radius 2 is 1.93 bits per heavy atom. The van der Waals surface area contributed by atoms with Gasteiger partial charge in [-0.15, -0.1) is 0 Å². The molecule has 3 rings (SSSR count). The lowest BCUT2D eigenvalue weighted by molar-refractivity contribution is 0.258. The Kier molecular flexibility index (Phi) is 5.18. The molecule has 0 fully saturated rings. The number of methoxy groups -OCH3 is 2. The van der Waals surface area contributed by atoms with Gasteiger partial charge in [-0.2, -0.15) is 0 Å². The Balaban J connectivity index is 2.29. The van der Waals surface area contributed by atoms with Crippen LogP contribution in [0.3, 0.4) is 0 Å². The number of imidazole rings is 1. The van der Waals surface area contributed by atoms with E-state index in [9.17, 15) is 17.9 Å². The van der Waals surface area contributed by atoms with E-state index < -0.39 is 27.0 Å². The fourth-order valence-electron chi connectivity index (χ4n) is 2.92. The van der Waals surface area contributed by atoms with E-state index in [1.165, 1.54) is 63.1 Å². The molecule has 2 heterocycles. The molecule has 0 saturated carbocycles. The average molecular weight is 423 g/mol. The minimum absolute atomic E-state index is 0.0720. The van der Waals surface area contributed by atoms with E-state index in [2.05, 4.69) is 4.98 Å². The summed E-state index contributed by atoms with van der Waals surface area (Å²) in [4.78, 5) is 4.14. The number of rotatable bonds is 6. The summed E-state index contributed by atoms with van der Waals surface area (Å²) in [7, 11) is -1.31. The smallest absolute Gasteiger partial charge is 0.190 e. The molecular formula is C19H22FN3O5S. The van der Waals surface area contributed by atoms with E-state index in [0.717, 1.165) is 0 Å². The van der Waals surface area contributed by atoms with Gasteiger partial charge in [0.15, 0.2) is 21.4 Å². The number of aliphatic hydroxyl groups excluding tert-OH is 1.